The molecule has 0 saturated carbocycles. The maximum absolute atomic E-state index is 4.61. The number of aromatic nitrogens is 1. The van der Waals surface area contributed by atoms with Gasteiger partial charge in [-0.05, 0) is 18.8 Å². The number of anilines is 1. The van der Waals surface area contributed by atoms with Crippen molar-refractivity contribution in [2.24, 2.45) is 5.92 Å². The van der Waals surface area contributed by atoms with E-state index in [1.807, 2.05) is 18.4 Å². The van der Waals surface area contributed by atoms with Gasteiger partial charge in [-0.25, -0.2) is 4.98 Å². The third kappa shape index (κ3) is 1.46. The molecule has 2 unspecified atom stereocenters. The molecule has 0 saturated heterocycles. The highest BCUT2D eigenvalue weighted by atomic mass is 32.1. The lowest BCUT2D eigenvalue weighted by Gasteiger charge is -2.24. The summed E-state index contributed by atoms with van der Waals surface area (Å²) in [6, 6.07) is 0. The van der Waals surface area contributed by atoms with Crippen LogP contribution >= 0.6 is 11.3 Å². The Bertz CT molecular complexity index is 306. The summed E-state index contributed by atoms with van der Waals surface area (Å²) in [6.07, 6.45) is 2.54. The molecule has 1 heterocycles. The standard InChI is InChI=1S/C10H16N2S/c1-6-4-5-8-9(7(6)2)12-10(11-3)13-8/h6-7H,4-5H2,1-3H3,(H,11,12). The van der Waals surface area contributed by atoms with Crippen molar-refractivity contribution in [3.8, 4) is 0 Å². The first-order valence-corrected chi connectivity index (χ1v) is 5.71. The van der Waals surface area contributed by atoms with Gasteiger partial charge in [0.2, 0.25) is 0 Å². The number of thiazole rings is 1. The third-order valence-electron chi connectivity index (χ3n) is 3.05. The summed E-state index contributed by atoms with van der Waals surface area (Å²) in [6.45, 7) is 4.62. The Morgan fingerprint density at radius 1 is 1.46 bits per heavy atom. The van der Waals surface area contributed by atoms with Gasteiger partial charge in [-0.2, -0.15) is 0 Å². The zero-order valence-corrected chi connectivity index (χ0v) is 9.24. The number of nitrogens with one attached hydrogen (secondary N) is 1. The molecule has 1 aromatic rings. The van der Waals surface area contributed by atoms with Gasteiger partial charge >= 0.3 is 0 Å². The molecule has 3 heteroatoms. The van der Waals surface area contributed by atoms with Crippen LogP contribution in [0.5, 0.6) is 0 Å². The summed E-state index contributed by atoms with van der Waals surface area (Å²) in [5.74, 6) is 1.43. The molecule has 0 aromatic carbocycles. The lowest BCUT2D eigenvalue weighted by molar-refractivity contribution is 0.422. The van der Waals surface area contributed by atoms with Gasteiger partial charge in [0, 0.05) is 17.8 Å². The summed E-state index contributed by atoms with van der Waals surface area (Å²) >= 11 is 1.82. The van der Waals surface area contributed by atoms with Gasteiger partial charge in [0.25, 0.3) is 0 Å². The summed E-state index contributed by atoms with van der Waals surface area (Å²) < 4.78 is 0. The van der Waals surface area contributed by atoms with E-state index in [0.717, 1.165) is 11.0 Å². The van der Waals surface area contributed by atoms with Crippen molar-refractivity contribution in [2.75, 3.05) is 12.4 Å². The molecule has 2 rings (SSSR count). The fourth-order valence-corrected chi connectivity index (χ4v) is 2.92. The maximum Gasteiger partial charge on any atom is 0.182 e. The van der Waals surface area contributed by atoms with Gasteiger partial charge in [0.1, 0.15) is 0 Å². The summed E-state index contributed by atoms with van der Waals surface area (Å²) in [5.41, 5.74) is 1.34. The molecule has 13 heavy (non-hydrogen) atoms. The second-order valence-electron chi connectivity index (χ2n) is 3.88. The van der Waals surface area contributed by atoms with E-state index in [9.17, 15) is 0 Å². The SMILES string of the molecule is CNc1nc2c(s1)CCC(C)C2C. The van der Waals surface area contributed by atoms with Crippen molar-refractivity contribution in [1.29, 1.82) is 0 Å². The molecule has 1 aromatic heterocycles. The molecule has 0 radical (unpaired) electrons. The third-order valence-corrected chi connectivity index (χ3v) is 4.20. The number of fused-ring (bicyclic) bond motifs is 1. The van der Waals surface area contributed by atoms with Crippen LogP contribution in [0, 0.1) is 5.92 Å². The van der Waals surface area contributed by atoms with E-state index in [-0.39, 0.29) is 0 Å². The lowest BCUT2D eigenvalue weighted by Crippen LogP contribution is -2.14. The maximum atomic E-state index is 4.61. The molecular formula is C10H16N2S. The monoisotopic (exact) mass is 196 g/mol. The smallest absolute Gasteiger partial charge is 0.182 e. The summed E-state index contributed by atoms with van der Waals surface area (Å²) in [7, 11) is 1.94. The quantitative estimate of drug-likeness (QED) is 0.747. The van der Waals surface area contributed by atoms with Crippen LogP contribution in [-0.4, -0.2) is 12.0 Å². The first-order chi connectivity index (χ1) is 6.22. The molecule has 1 N–H and O–H groups in total. The van der Waals surface area contributed by atoms with Gasteiger partial charge in [0.05, 0.1) is 5.69 Å². The predicted octanol–water partition coefficient (Wildman–Crippen LogP) is 2.87. The van der Waals surface area contributed by atoms with Gasteiger partial charge in [-0.1, -0.05) is 13.8 Å². The van der Waals surface area contributed by atoms with E-state index in [1.54, 1.807) is 0 Å². The normalized spacial score (nSPS) is 27.0. The molecule has 1 aliphatic carbocycles. The Kier molecular flexibility index (Phi) is 2.28. The van der Waals surface area contributed by atoms with Gasteiger partial charge in [0.15, 0.2) is 5.13 Å². The largest absolute Gasteiger partial charge is 0.365 e. The fourth-order valence-electron chi connectivity index (χ4n) is 1.88. The van der Waals surface area contributed by atoms with E-state index < -0.39 is 0 Å². The van der Waals surface area contributed by atoms with Crippen LogP contribution < -0.4 is 5.32 Å². The first kappa shape index (κ1) is 9.00. The highest BCUT2D eigenvalue weighted by Crippen LogP contribution is 2.39. The minimum Gasteiger partial charge on any atom is -0.365 e. The van der Waals surface area contributed by atoms with Gasteiger partial charge < -0.3 is 5.32 Å². The van der Waals surface area contributed by atoms with E-state index in [4.69, 9.17) is 0 Å². The van der Waals surface area contributed by atoms with Crippen LogP contribution in [0.25, 0.3) is 0 Å². The predicted molar refractivity (Wildman–Crippen MR) is 57.6 cm³/mol. The molecule has 1 aliphatic rings. The number of hydrogen-bond donors (Lipinski definition) is 1. The Hall–Kier alpha value is -0.570. The molecule has 0 aliphatic heterocycles. The van der Waals surface area contributed by atoms with Crippen molar-refractivity contribution < 1.29 is 0 Å². The van der Waals surface area contributed by atoms with Gasteiger partial charge in [-0.15, -0.1) is 11.3 Å². The molecule has 2 atom stereocenters. The number of nitrogens with zero attached hydrogens (tertiary/aromatic N) is 1. The van der Waals surface area contributed by atoms with E-state index in [2.05, 4.69) is 24.1 Å². The molecule has 0 fully saturated rings. The van der Waals surface area contributed by atoms with Gasteiger partial charge in [-0.3, -0.25) is 0 Å². The molecule has 0 spiro atoms. The van der Waals surface area contributed by atoms with Crippen LogP contribution in [0.3, 0.4) is 0 Å². The van der Waals surface area contributed by atoms with Crippen LogP contribution in [0.2, 0.25) is 0 Å². The van der Waals surface area contributed by atoms with Crippen LogP contribution in [-0.2, 0) is 6.42 Å². The Balaban J connectivity index is 2.36. The second kappa shape index (κ2) is 3.29. The Labute approximate surface area is 83.4 Å². The number of hydrogen-bond acceptors (Lipinski definition) is 3. The first-order valence-electron chi connectivity index (χ1n) is 4.89. The minimum absolute atomic E-state index is 0.641. The van der Waals surface area contributed by atoms with Crippen molar-refractivity contribution in [3.05, 3.63) is 10.6 Å². The average molecular weight is 196 g/mol. The van der Waals surface area contributed by atoms with Crippen molar-refractivity contribution in [3.63, 3.8) is 0 Å². The van der Waals surface area contributed by atoms with E-state index in [1.165, 1.54) is 23.4 Å². The number of aryl methyl sites for hydroxylation is 1. The molecule has 0 amide bonds. The average Bonchev–Trinajstić information content (AvgIpc) is 2.55. The van der Waals surface area contributed by atoms with Crippen molar-refractivity contribution in [1.82, 2.24) is 4.98 Å². The van der Waals surface area contributed by atoms with Crippen LogP contribution in [0.15, 0.2) is 0 Å². The Morgan fingerprint density at radius 2 is 2.23 bits per heavy atom. The summed E-state index contributed by atoms with van der Waals surface area (Å²) in [4.78, 5) is 6.10. The number of rotatable bonds is 1. The molecule has 2 nitrogen and oxygen atoms in total. The van der Waals surface area contributed by atoms with Crippen molar-refractivity contribution >= 4 is 16.5 Å². The van der Waals surface area contributed by atoms with E-state index in [0.29, 0.717) is 5.92 Å². The zero-order valence-electron chi connectivity index (χ0n) is 8.42. The van der Waals surface area contributed by atoms with Crippen molar-refractivity contribution in [2.45, 2.75) is 32.6 Å². The lowest BCUT2D eigenvalue weighted by atomic mass is 9.83. The topological polar surface area (TPSA) is 24.9 Å². The molecule has 0 bridgehead atoms. The fraction of sp³-hybridized carbons (Fsp3) is 0.700. The molecular weight excluding hydrogens is 180 g/mol. The summed E-state index contributed by atoms with van der Waals surface area (Å²) in [5, 5.41) is 4.20. The highest BCUT2D eigenvalue weighted by Gasteiger charge is 2.26. The van der Waals surface area contributed by atoms with Crippen LogP contribution in [0.1, 0.15) is 36.8 Å². The Morgan fingerprint density at radius 3 is 2.92 bits per heavy atom. The zero-order chi connectivity index (χ0) is 9.42. The van der Waals surface area contributed by atoms with E-state index >= 15 is 0 Å². The highest BCUT2D eigenvalue weighted by molar-refractivity contribution is 7.15. The molecule has 72 valence electrons. The van der Waals surface area contributed by atoms with Crippen LogP contribution in [0.4, 0.5) is 5.13 Å². The second-order valence-corrected chi connectivity index (χ2v) is 4.97. The minimum atomic E-state index is 0.641.